The van der Waals surface area contributed by atoms with E-state index in [2.05, 4.69) is 20.1 Å². The highest BCUT2D eigenvalue weighted by molar-refractivity contribution is 5.92. The van der Waals surface area contributed by atoms with Crippen molar-refractivity contribution >= 4 is 5.91 Å². The number of carbonyl (C=O) groups is 1. The zero-order chi connectivity index (χ0) is 16.6. The zero-order valence-corrected chi connectivity index (χ0v) is 13.6. The van der Waals surface area contributed by atoms with E-state index in [1.807, 2.05) is 13.8 Å². The third-order valence-electron chi connectivity index (χ3n) is 3.74. The molecule has 1 aliphatic rings. The largest absolute Gasteiger partial charge is 0.374 e. The second kappa shape index (κ2) is 6.04. The molecular weight excluding hydrogens is 298 g/mol. The first-order valence-electron chi connectivity index (χ1n) is 7.51. The number of carbonyl (C=O) groups excluding carboxylic acids is 1. The second-order valence-corrected chi connectivity index (χ2v) is 5.64. The number of nitrogens with zero attached hydrogens (tertiary/aromatic N) is 5. The molecule has 0 N–H and O–H groups in total. The molecule has 122 valence electrons. The number of morpholine rings is 1. The molecule has 1 aliphatic heterocycles. The van der Waals surface area contributed by atoms with Crippen LogP contribution in [0.25, 0.3) is 0 Å². The normalized spacial score (nSPS) is 21.5. The van der Waals surface area contributed by atoms with Crippen molar-refractivity contribution in [1.82, 2.24) is 25.0 Å². The van der Waals surface area contributed by atoms with Crippen molar-refractivity contribution in [2.24, 2.45) is 0 Å². The van der Waals surface area contributed by atoms with Crippen LogP contribution in [0.5, 0.6) is 0 Å². The number of amides is 1. The van der Waals surface area contributed by atoms with Crippen LogP contribution in [0.15, 0.2) is 10.6 Å². The molecule has 0 radical (unpaired) electrons. The van der Waals surface area contributed by atoms with Gasteiger partial charge < -0.3 is 14.2 Å². The van der Waals surface area contributed by atoms with E-state index in [4.69, 9.17) is 9.26 Å². The molecule has 8 heteroatoms. The molecule has 3 rings (SSSR count). The second-order valence-electron chi connectivity index (χ2n) is 5.64. The van der Waals surface area contributed by atoms with Gasteiger partial charge in [-0.3, -0.25) is 4.79 Å². The molecule has 1 amide bonds. The van der Waals surface area contributed by atoms with Crippen molar-refractivity contribution in [3.63, 3.8) is 0 Å². The van der Waals surface area contributed by atoms with Gasteiger partial charge >= 0.3 is 0 Å². The minimum absolute atomic E-state index is 0.186. The Morgan fingerprint density at radius 1 is 1.22 bits per heavy atom. The molecule has 0 unspecified atom stereocenters. The van der Waals surface area contributed by atoms with Crippen LogP contribution in [0.2, 0.25) is 0 Å². The summed E-state index contributed by atoms with van der Waals surface area (Å²) in [4.78, 5) is 27.3. The van der Waals surface area contributed by atoms with Gasteiger partial charge in [0.15, 0.2) is 5.82 Å². The highest BCUT2D eigenvalue weighted by Crippen LogP contribution is 2.29. The van der Waals surface area contributed by atoms with E-state index in [-0.39, 0.29) is 12.0 Å². The lowest BCUT2D eigenvalue weighted by Gasteiger charge is -2.37. The molecule has 8 nitrogen and oxygen atoms in total. The summed E-state index contributed by atoms with van der Waals surface area (Å²) < 4.78 is 10.9. The molecule has 0 spiro atoms. The summed E-state index contributed by atoms with van der Waals surface area (Å²) in [6.45, 7) is 8.14. The van der Waals surface area contributed by atoms with E-state index < -0.39 is 6.04 Å². The van der Waals surface area contributed by atoms with E-state index in [0.29, 0.717) is 36.4 Å². The fraction of sp³-hybridized carbons (Fsp3) is 0.533. The molecular formula is C15H19N5O3. The Morgan fingerprint density at radius 3 is 2.65 bits per heavy atom. The van der Waals surface area contributed by atoms with Crippen LogP contribution < -0.4 is 0 Å². The lowest BCUT2D eigenvalue weighted by atomic mass is 10.1. The van der Waals surface area contributed by atoms with Crippen molar-refractivity contribution in [2.75, 3.05) is 13.2 Å². The Bertz CT molecular complexity index is 709. The molecule has 2 aromatic heterocycles. The molecule has 0 bridgehead atoms. The Balaban J connectivity index is 1.96. The van der Waals surface area contributed by atoms with Gasteiger partial charge in [-0.25, -0.2) is 9.97 Å². The van der Waals surface area contributed by atoms with Crippen molar-refractivity contribution in [3.8, 4) is 0 Å². The summed E-state index contributed by atoms with van der Waals surface area (Å²) in [7, 11) is 0. The van der Waals surface area contributed by atoms with Gasteiger partial charge in [0.2, 0.25) is 0 Å². The molecule has 3 heterocycles. The van der Waals surface area contributed by atoms with Crippen LogP contribution in [0.3, 0.4) is 0 Å². The van der Waals surface area contributed by atoms with Gasteiger partial charge in [-0.15, -0.1) is 0 Å². The third kappa shape index (κ3) is 3.07. The van der Waals surface area contributed by atoms with Gasteiger partial charge in [-0.05, 0) is 33.8 Å². The van der Waals surface area contributed by atoms with Gasteiger partial charge in [0, 0.05) is 12.2 Å². The number of ether oxygens (including phenoxy) is 1. The first-order chi connectivity index (χ1) is 11.0. The van der Waals surface area contributed by atoms with Gasteiger partial charge in [0.25, 0.3) is 11.8 Å². The monoisotopic (exact) mass is 317 g/mol. The minimum Gasteiger partial charge on any atom is -0.374 e. The van der Waals surface area contributed by atoms with Crippen LogP contribution in [0.4, 0.5) is 0 Å². The number of aryl methyl sites for hydroxylation is 3. The Hall–Kier alpha value is -2.35. The molecule has 0 aromatic carbocycles. The van der Waals surface area contributed by atoms with Gasteiger partial charge in [-0.1, -0.05) is 5.16 Å². The molecule has 1 saturated heterocycles. The van der Waals surface area contributed by atoms with Crippen molar-refractivity contribution < 1.29 is 14.1 Å². The zero-order valence-electron chi connectivity index (χ0n) is 13.6. The van der Waals surface area contributed by atoms with Gasteiger partial charge in [0.05, 0.1) is 12.7 Å². The number of hydrogen-bond acceptors (Lipinski definition) is 7. The smallest absolute Gasteiger partial charge is 0.273 e. The maximum Gasteiger partial charge on any atom is 0.273 e. The number of hydrogen-bond donors (Lipinski definition) is 0. The Kier molecular flexibility index (Phi) is 4.08. The highest BCUT2D eigenvalue weighted by Gasteiger charge is 2.38. The molecule has 2 aromatic rings. The number of rotatable bonds is 2. The quantitative estimate of drug-likeness (QED) is 0.826. The maximum atomic E-state index is 12.9. The SMILES string of the molecule is Cc1cc(C(=O)N2CCO[C@H](C)[C@H]2c2nc(C)no2)nc(C)n1. The van der Waals surface area contributed by atoms with E-state index >= 15 is 0 Å². The fourth-order valence-electron chi connectivity index (χ4n) is 2.79. The third-order valence-corrected chi connectivity index (χ3v) is 3.74. The van der Waals surface area contributed by atoms with Crippen LogP contribution in [0, 0.1) is 20.8 Å². The first-order valence-corrected chi connectivity index (χ1v) is 7.51. The predicted octanol–water partition coefficient (Wildman–Crippen LogP) is 1.39. The maximum absolute atomic E-state index is 12.9. The summed E-state index contributed by atoms with van der Waals surface area (Å²) in [6, 6.07) is 1.26. The van der Waals surface area contributed by atoms with Crippen molar-refractivity contribution in [1.29, 1.82) is 0 Å². The molecule has 23 heavy (non-hydrogen) atoms. The molecule has 1 fully saturated rings. The standard InChI is InChI=1S/C15H19N5O3/c1-8-7-12(17-10(3)16-8)15(21)20-5-6-22-9(2)13(20)14-18-11(4)19-23-14/h7,9,13H,5-6H2,1-4H3/t9-,13+/m1/s1. The average Bonchev–Trinajstić information content (AvgIpc) is 2.91. The van der Waals surface area contributed by atoms with Crippen LogP contribution in [-0.2, 0) is 4.74 Å². The van der Waals surface area contributed by atoms with Gasteiger partial charge in [0.1, 0.15) is 17.6 Å². The summed E-state index contributed by atoms with van der Waals surface area (Å²) in [5.74, 6) is 1.29. The lowest BCUT2D eigenvalue weighted by molar-refractivity contribution is -0.0602. The van der Waals surface area contributed by atoms with E-state index in [1.54, 1.807) is 24.8 Å². The summed E-state index contributed by atoms with van der Waals surface area (Å²) in [5.41, 5.74) is 1.12. The van der Waals surface area contributed by atoms with Gasteiger partial charge in [-0.2, -0.15) is 4.98 Å². The first kappa shape index (κ1) is 15.5. The average molecular weight is 317 g/mol. The van der Waals surface area contributed by atoms with E-state index in [1.165, 1.54) is 0 Å². The van der Waals surface area contributed by atoms with Crippen LogP contribution >= 0.6 is 0 Å². The molecule has 2 atom stereocenters. The highest BCUT2D eigenvalue weighted by atomic mass is 16.5. The fourth-order valence-corrected chi connectivity index (χ4v) is 2.79. The van der Waals surface area contributed by atoms with E-state index in [0.717, 1.165) is 5.69 Å². The summed E-state index contributed by atoms with van der Waals surface area (Å²) in [5, 5.41) is 3.82. The Labute approximate surface area is 133 Å². The topological polar surface area (TPSA) is 94.2 Å². The minimum atomic E-state index is -0.423. The molecule has 0 saturated carbocycles. The summed E-state index contributed by atoms with van der Waals surface area (Å²) in [6.07, 6.45) is -0.239. The number of aromatic nitrogens is 4. The van der Waals surface area contributed by atoms with Crippen LogP contribution in [0.1, 0.15) is 46.7 Å². The van der Waals surface area contributed by atoms with Crippen LogP contribution in [-0.4, -0.2) is 50.2 Å². The Morgan fingerprint density at radius 2 is 2.00 bits per heavy atom. The lowest BCUT2D eigenvalue weighted by Crippen LogP contribution is -2.47. The van der Waals surface area contributed by atoms with Crippen molar-refractivity contribution in [2.45, 2.75) is 39.8 Å². The summed E-state index contributed by atoms with van der Waals surface area (Å²) >= 11 is 0. The van der Waals surface area contributed by atoms with E-state index in [9.17, 15) is 4.79 Å². The van der Waals surface area contributed by atoms with Crippen molar-refractivity contribution in [3.05, 3.63) is 35.0 Å². The molecule has 0 aliphatic carbocycles. The predicted molar refractivity (Wildman–Crippen MR) is 79.7 cm³/mol.